The van der Waals surface area contributed by atoms with Gasteiger partial charge in [0, 0.05) is 24.9 Å². The van der Waals surface area contributed by atoms with Crippen LogP contribution in [0.3, 0.4) is 0 Å². The summed E-state index contributed by atoms with van der Waals surface area (Å²) in [7, 11) is 1.56. The topological polar surface area (TPSA) is 97.6 Å². The Morgan fingerprint density at radius 2 is 2.00 bits per heavy atom. The molecule has 1 amide bonds. The quantitative estimate of drug-likeness (QED) is 0.491. The number of methoxy groups -OCH3 is 1. The first-order chi connectivity index (χ1) is 14.5. The summed E-state index contributed by atoms with van der Waals surface area (Å²) in [6.45, 7) is 0.230. The Hall–Kier alpha value is -4.01. The Morgan fingerprint density at radius 3 is 2.70 bits per heavy atom. The van der Waals surface area contributed by atoms with Gasteiger partial charge in [-0.3, -0.25) is 19.9 Å². The first kappa shape index (κ1) is 19.3. The largest absolute Gasteiger partial charge is 0.497 e. The second kappa shape index (κ2) is 7.78. The number of hydrogen-bond donors (Lipinski definition) is 1. The molecule has 1 aromatic heterocycles. The van der Waals surface area contributed by atoms with E-state index in [0.717, 1.165) is 23.8 Å². The minimum absolute atomic E-state index is 0.0831. The maximum absolute atomic E-state index is 14.4. The fourth-order valence-corrected chi connectivity index (χ4v) is 3.36. The van der Waals surface area contributed by atoms with E-state index < -0.39 is 16.9 Å². The predicted octanol–water partition coefficient (Wildman–Crippen LogP) is 3.90. The van der Waals surface area contributed by atoms with Gasteiger partial charge in [-0.25, -0.2) is 4.39 Å². The molecule has 1 N–H and O–H groups in total. The second-order valence-corrected chi connectivity index (χ2v) is 6.69. The normalized spacial score (nSPS) is 15.1. The number of non-ortho nitro benzene ring substituents is 1. The zero-order valence-corrected chi connectivity index (χ0v) is 15.9. The van der Waals surface area contributed by atoms with Gasteiger partial charge in [-0.05, 0) is 35.9 Å². The lowest BCUT2D eigenvalue weighted by molar-refractivity contribution is -0.384. The van der Waals surface area contributed by atoms with E-state index in [1.807, 2.05) is 12.1 Å². The maximum Gasteiger partial charge on any atom is 0.271 e. The molecule has 9 heteroatoms. The Kier molecular flexibility index (Phi) is 5.01. The zero-order chi connectivity index (χ0) is 21.3. The predicted molar refractivity (Wildman–Crippen MR) is 107 cm³/mol. The number of nitro benzene ring substituents is 1. The van der Waals surface area contributed by atoms with Gasteiger partial charge in [-0.1, -0.05) is 12.1 Å². The first-order valence-corrected chi connectivity index (χ1v) is 9.07. The van der Waals surface area contributed by atoms with Crippen LogP contribution in [0.25, 0.3) is 0 Å². The van der Waals surface area contributed by atoms with E-state index in [2.05, 4.69) is 10.3 Å². The third kappa shape index (κ3) is 3.52. The van der Waals surface area contributed by atoms with Crippen molar-refractivity contribution in [3.8, 4) is 5.75 Å². The molecule has 0 fully saturated rings. The molecule has 0 aliphatic carbocycles. The van der Waals surface area contributed by atoms with Crippen LogP contribution in [-0.4, -0.2) is 27.8 Å². The highest BCUT2D eigenvalue weighted by molar-refractivity contribution is 5.98. The van der Waals surface area contributed by atoms with Gasteiger partial charge in [0.15, 0.2) is 0 Å². The van der Waals surface area contributed by atoms with Crippen molar-refractivity contribution in [3.63, 3.8) is 0 Å². The molecule has 3 aromatic rings. The molecule has 2 heterocycles. The Bertz CT molecular complexity index is 1120. The Morgan fingerprint density at radius 1 is 1.23 bits per heavy atom. The molecule has 1 aliphatic rings. The molecule has 0 saturated heterocycles. The van der Waals surface area contributed by atoms with Crippen LogP contribution in [0.5, 0.6) is 5.75 Å². The lowest BCUT2D eigenvalue weighted by Gasteiger charge is -2.26. The number of amides is 1. The number of pyridine rings is 1. The molecular formula is C21H17FN4O4. The van der Waals surface area contributed by atoms with E-state index in [4.69, 9.17) is 4.74 Å². The lowest BCUT2D eigenvalue weighted by atomic mass is 10.2. The molecule has 4 rings (SSSR count). The van der Waals surface area contributed by atoms with Crippen molar-refractivity contribution in [2.75, 3.05) is 12.4 Å². The van der Waals surface area contributed by atoms with Gasteiger partial charge >= 0.3 is 0 Å². The number of benzene rings is 2. The Balaban J connectivity index is 1.69. The minimum atomic E-state index is -0.785. The summed E-state index contributed by atoms with van der Waals surface area (Å²) < 4.78 is 19.5. The molecule has 0 unspecified atom stereocenters. The summed E-state index contributed by atoms with van der Waals surface area (Å²) in [6.07, 6.45) is 0.758. The standard InChI is InChI=1S/C21H17FN4O4/c1-30-15-7-4-13(5-8-15)12-25-20(19-16(21(25)27)3-2-10-23-19)24-18-11-14(26(28)29)6-9-17(18)22/h2-11,20,24H,12H2,1H3/t20-/m0/s1. The van der Waals surface area contributed by atoms with Crippen LogP contribution in [0.15, 0.2) is 60.8 Å². The summed E-state index contributed by atoms with van der Waals surface area (Å²) >= 11 is 0. The van der Waals surface area contributed by atoms with Crippen molar-refractivity contribution < 1.29 is 18.8 Å². The van der Waals surface area contributed by atoms with Crippen molar-refractivity contribution >= 4 is 17.3 Å². The average molecular weight is 408 g/mol. The summed E-state index contributed by atoms with van der Waals surface area (Å²) in [5.41, 5.74) is 1.32. The summed E-state index contributed by atoms with van der Waals surface area (Å²) in [6, 6.07) is 13.7. The number of fused-ring (bicyclic) bond motifs is 1. The number of halogens is 1. The highest BCUT2D eigenvalue weighted by Gasteiger charge is 2.38. The number of hydrogen-bond acceptors (Lipinski definition) is 6. The van der Waals surface area contributed by atoms with E-state index in [9.17, 15) is 19.3 Å². The molecule has 0 saturated carbocycles. The second-order valence-electron chi connectivity index (χ2n) is 6.69. The zero-order valence-electron chi connectivity index (χ0n) is 15.9. The SMILES string of the molecule is COc1ccc(CN2C(=O)c3cccnc3[C@H]2Nc2cc([N+](=O)[O-])ccc2F)cc1. The van der Waals surface area contributed by atoms with Gasteiger partial charge in [0.25, 0.3) is 11.6 Å². The molecule has 0 bridgehead atoms. The third-order valence-electron chi connectivity index (χ3n) is 4.87. The fraction of sp³-hybridized carbons (Fsp3) is 0.143. The lowest BCUT2D eigenvalue weighted by Crippen LogP contribution is -2.32. The molecule has 30 heavy (non-hydrogen) atoms. The number of carbonyl (C=O) groups excluding carboxylic acids is 1. The summed E-state index contributed by atoms with van der Waals surface area (Å²) in [4.78, 5) is 29.3. The van der Waals surface area contributed by atoms with Gasteiger partial charge in [0.1, 0.15) is 17.7 Å². The summed E-state index contributed by atoms with van der Waals surface area (Å²) in [5, 5.41) is 14.0. The molecule has 152 valence electrons. The van der Waals surface area contributed by atoms with Crippen molar-refractivity contribution in [2.24, 2.45) is 0 Å². The number of nitrogens with zero attached hydrogens (tertiary/aromatic N) is 3. The van der Waals surface area contributed by atoms with Crippen molar-refractivity contribution in [1.29, 1.82) is 0 Å². The van der Waals surface area contributed by atoms with Gasteiger partial charge < -0.3 is 15.0 Å². The van der Waals surface area contributed by atoms with Crippen LogP contribution < -0.4 is 10.1 Å². The Labute approximate surface area is 171 Å². The molecule has 1 aliphatic heterocycles. The smallest absolute Gasteiger partial charge is 0.271 e. The van der Waals surface area contributed by atoms with E-state index in [1.54, 1.807) is 37.6 Å². The van der Waals surface area contributed by atoms with Crippen molar-refractivity contribution in [2.45, 2.75) is 12.7 Å². The molecule has 0 spiro atoms. The number of rotatable bonds is 6. The highest BCUT2D eigenvalue weighted by Crippen LogP contribution is 2.35. The van der Waals surface area contributed by atoms with Crippen molar-refractivity contribution in [3.05, 3.63) is 93.5 Å². The highest BCUT2D eigenvalue weighted by atomic mass is 19.1. The summed E-state index contributed by atoms with van der Waals surface area (Å²) in [5.74, 6) is -0.246. The van der Waals surface area contributed by atoms with E-state index in [-0.39, 0.29) is 23.8 Å². The molecule has 0 radical (unpaired) electrons. The van der Waals surface area contributed by atoms with Crippen LogP contribution in [0.1, 0.15) is 27.8 Å². The number of ether oxygens (including phenoxy) is 1. The van der Waals surface area contributed by atoms with Crippen LogP contribution in [0.4, 0.5) is 15.8 Å². The fourth-order valence-electron chi connectivity index (χ4n) is 3.36. The number of nitrogens with one attached hydrogen (secondary N) is 1. The van der Waals surface area contributed by atoms with Gasteiger partial charge in [-0.2, -0.15) is 0 Å². The minimum Gasteiger partial charge on any atom is -0.497 e. The van der Waals surface area contributed by atoms with Crippen LogP contribution in [0.2, 0.25) is 0 Å². The van der Waals surface area contributed by atoms with Gasteiger partial charge in [-0.15, -0.1) is 0 Å². The van der Waals surface area contributed by atoms with E-state index in [1.165, 1.54) is 4.90 Å². The monoisotopic (exact) mass is 408 g/mol. The van der Waals surface area contributed by atoms with Crippen LogP contribution >= 0.6 is 0 Å². The van der Waals surface area contributed by atoms with Crippen LogP contribution in [-0.2, 0) is 6.54 Å². The van der Waals surface area contributed by atoms with E-state index >= 15 is 0 Å². The number of anilines is 1. The molecule has 1 atom stereocenters. The molecular weight excluding hydrogens is 391 g/mol. The molecule has 2 aromatic carbocycles. The average Bonchev–Trinajstić information content (AvgIpc) is 3.01. The number of carbonyl (C=O) groups is 1. The number of nitro groups is 1. The van der Waals surface area contributed by atoms with Gasteiger partial charge in [0.2, 0.25) is 0 Å². The number of aromatic nitrogens is 1. The molecule has 8 nitrogen and oxygen atoms in total. The van der Waals surface area contributed by atoms with Crippen LogP contribution in [0, 0.1) is 15.9 Å². The van der Waals surface area contributed by atoms with Crippen molar-refractivity contribution in [1.82, 2.24) is 9.88 Å². The van der Waals surface area contributed by atoms with E-state index in [0.29, 0.717) is 17.0 Å². The third-order valence-corrected chi connectivity index (χ3v) is 4.87. The van der Waals surface area contributed by atoms with Gasteiger partial charge in [0.05, 0.1) is 29.0 Å². The first-order valence-electron chi connectivity index (χ1n) is 9.07. The maximum atomic E-state index is 14.4.